The number of aromatic nitrogens is 2. The van der Waals surface area contributed by atoms with Crippen molar-refractivity contribution in [2.45, 2.75) is 50.6 Å². The number of aliphatic carboxylic acids is 1. The van der Waals surface area contributed by atoms with Gasteiger partial charge in [-0.2, -0.15) is 0 Å². The highest BCUT2D eigenvalue weighted by atomic mass is 19.1. The van der Waals surface area contributed by atoms with E-state index in [1.54, 1.807) is 0 Å². The molecule has 5 nitrogen and oxygen atoms in total. The summed E-state index contributed by atoms with van der Waals surface area (Å²) in [5.41, 5.74) is 0. The van der Waals surface area contributed by atoms with E-state index in [0.717, 1.165) is 38.1 Å². The molecule has 0 radical (unpaired) electrons. The number of halogens is 1. The van der Waals surface area contributed by atoms with E-state index in [4.69, 9.17) is 0 Å². The number of hydrogen-bond donors (Lipinski definition) is 1. The number of hydrogen-bond acceptors (Lipinski definition) is 4. The van der Waals surface area contributed by atoms with E-state index < -0.39 is 17.8 Å². The molecule has 1 aromatic rings. The van der Waals surface area contributed by atoms with Crippen LogP contribution in [0.1, 0.15) is 38.5 Å². The third-order valence-corrected chi connectivity index (χ3v) is 4.50. The number of piperidine rings is 1. The highest BCUT2D eigenvalue weighted by Gasteiger charge is 2.42. The van der Waals surface area contributed by atoms with Crippen LogP contribution in [0.4, 0.5) is 10.3 Å². The molecule has 1 saturated heterocycles. The standard InChI is InChI=1S/C14H18FN3O2/c15-10-7-16-14(17-8-10)18-11-4-2-1-3-9(11)5-6-12(18)13(19)20/h7-9,11-12H,1-6H2,(H,19,20). The molecule has 2 heterocycles. The van der Waals surface area contributed by atoms with E-state index in [2.05, 4.69) is 9.97 Å². The van der Waals surface area contributed by atoms with Crippen molar-refractivity contribution < 1.29 is 14.3 Å². The topological polar surface area (TPSA) is 66.3 Å². The minimum Gasteiger partial charge on any atom is -0.480 e. The Morgan fingerprint density at radius 2 is 1.90 bits per heavy atom. The number of nitrogens with zero attached hydrogens (tertiary/aromatic N) is 3. The summed E-state index contributed by atoms with van der Waals surface area (Å²) >= 11 is 0. The average molecular weight is 279 g/mol. The van der Waals surface area contributed by atoms with E-state index >= 15 is 0 Å². The van der Waals surface area contributed by atoms with Gasteiger partial charge in [-0.1, -0.05) is 12.8 Å². The molecule has 0 aromatic carbocycles. The largest absolute Gasteiger partial charge is 0.480 e. The van der Waals surface area contributed by atoms with Crippen LogP contribution < -0.4 is 4.90 Å². The van der Waals surface area contributed by atoms with Gasteiger partial charge in [-0.05, 0) is 31.6 Å². The van der Waals surface area contributed by atoms with Crippen LogP contribution >= 0.6 is 0 Å². The molecule has 2 fully saturated rings. The van der Waals surface area contributed by atoms with Gasteiger partial charge < -0.3 is 10.0 Å². The second-order valence-corrected chi connectivity index (χ2v) is 5.65. The average Bonchev–Trinajstić information content (AvgIpc) is 2.47. The summed E-state index contributed by atoms with van der Waals surface area (Å²) in [5.74, 6) is -0.497. The number of fused-ring (bicyclic) bond motifs is 1. The molecule has 20 heavy (non-hydrogen) atoms. The van der Waals surface area contributed by atoms with Crippen molar-refractivity contribution in [1.29, 1.82) is 0 Å². The normalized spacial score (nSPS) is 29.9. The molecule has 1 aliphatic carbocycles. The molecule has 3 unspecified atom stereocenters. The van der Waals surface area contributed by atoms with Crippen molar-refractivity contribution in [1.82, 2.24) is 9.97 Å². The zero-order valence-corrected chi connectivity index (χ0v) is 11.2. The Labute approximate surface area is 116 Å². The van der Waals surface area contributed by atoms with E-state index in [0.29, 0.717) is 18.3 Å². The summed E-state index contributed by atoms with van der Waals surface area (Å²) < 4.78 is 13.0. The molecule has 2 aliphatic rings. The fourth-order valence-electron chi connectivity index (χ4n) is 3.60. The molecule has 0 spiro atoms. The first-order valence-electron chi connectivity index (χ1n) is 7.15. The Balaban J connectivity index is 1.95. The number of anilines is 1. The smallest absolute Gasteiger partial charge is 0.326 e. The Morgan fingerprint density at radius 3 is 2.60 bits per heavy atom. The Hall–Kier alpha value is -1.72. The number of carbonyl (C=O) groups is 1. The highest BCUT2D eigenvalue weighted by Crippen LogP contribution is 2.39. The van der Waals surface area contributed by atoms with Crippen LogP contribution in [0.2, 0.25) is 0 Å². The maximum absolute atomic E-state index is 13.0. The van der Waals surface area contributed by atoms with E-state index in [-0.39, 0.29) is 6.04 Å². The molecule has 108 valence electrons. The lowest BCUT2D eigenvalue weighted by molar-refractivity contribution is -0.139. The second-order valence-electron chi connectivity index (χ2n) is 5.65. The van der Waals surface area contributed by atoms with Gasteiger partial charge in [0.25, 0.3) is 0 Å². The first-order chi connectivity index (χ1) is 9.66. The van der Waals surface area contributed by atoms with Crippen molar-refractivity contribution in [2.24, 2.45) is 5.92 Å². The van der Waals surface area contributed by atoms with Gasteiger partial charge in [0.05, 0.1) is 12.4 Å². The predicted molar refractivity (Wildman–Crippen MR) is 70.9 cm³/mol. The fourth-order valence-corrected chi connectivity index (χ4v) is 3.60. The first-order valence-corrected chi connectivity index (χ1v) is 7.15. The van der Waals surface area contributed by atoms with Gasteiger partial charge in [0.1, 0.15) is 6.04 Å². The van der Waals surface area contributed by atoms with Crippen LogP contribution in [0.5, 0.6) is 0 Å². The van der Waals surface area contributed by atoms with Gasteiger partial charge in [-0.3, -0.25) is 0 Å². The van der Waals surface area contributed by atoms with Crippen LogP contribution in [0.25, 0.3) is 0 Å². The number of carboxylic acids is 1. The molecule has 1 saturated carbocycles. The lowest BCUT2D eigenvalue weighted by Crippen LogP contribution is -2.56. The minimum atomic E-state index is -0.845. The molecule has 6 heteroatoms. The van der Waals surface area contributed by atoms with Crippen molar-refractivity contribution in [2.75, 3.05) is 4.90 Å². The van der Waals surface area contributed by atoms with Gasteiger partial charge in [0, 0.05) is 6.04 Å². The summed E-state index contributed by atoms with van der Waals surface area (Å²) in [7, 11) is 0. The first kappa shape index (κ1) is 13.3. The van der Waals surface area contributed by atoms with Crippen molar-refractivity contribution >= 4 is 11.9 Å². The molecule has 3 rings (SSSR count). The third kappa shape index (κ3) is 2.34. The monoisotopic (exact) mass is 279 g/mol. The third-order valence-electron chi connectivity index (χ3n) is 4.50. The summed E-state index contributed by atoms with van der Waals surface area (Å²) in [6, 6.07) is -0.427. The molecular weight excluding hydrogens is 261 g/mol. The van der Waals surface area contributed by atoms with E-state index in [1.165, 1.54) is 6.42 Å². The van der Waals surface area contributed by atoms with E-state index in [9.17, 15) is 14.3 Å². The summed E-state index contributed by atoms with van der Waals surface area (Å²) in [4.78, 5) is 21.3. The van der Waals surface area contributed by atoms with Crippen LogP contribution in [-0.4, -0.2) is 33.1 Å². The number of rotatable bonds is 2. The molecule has 3 atom stereocenters. The molecule has 1 aliphatic heterocycles. The van der Waals surface area contributed by atoms with Crippen LogP contribution in [0, 0.1) is 11.7 Å². The fraction of sp³-hybridized carbons (Fsp3) is 0.643. The molecule has 1 aromatic heterocycles. The Morgan fingerprint density at radius 1 is 1.20 bits per heavy atom. The van der Waals surface area contributed by atoms with E-state index in [1.807, 2.05) is 4.90 Å². The van der Waals surface area contributed by atoms with Gasteiger partial charge in [-0.25, -0.2) is 19.2 Å². The van der Waals surface area contributed by atoms with Gasteiger partial charge >= 0.3 is 5.97 Å². The maximum Gasteiger partial charge on any atom is 0.326 e. The molecule has 0 amide bonds. The number of carboxylic acid groups (broad SMARTS) is 1. The Bertz CT molecular complexity index is 494. The molecule has 0 bridgehead atoms. The molecular formula is C14H18FN3O2. The van der Waals surface area contributed by atoms with Gasteiger partial charge in [0.15, 0.2) is 5.82 Å². The van der Waals surface area contributed by atoms with Crippen molar-refractivity contribution in [3.8, 4) is 0 Å². The quantitative estimate of drug-likeness (QED) is 0.899. The van der Waals surface area contributed by atoms with Crippen molar-refractivity contribution in [3.05, 3.63) is 18.2 Å². The predicted octanol–water partition coefficient (Wildman–Crippen LogP) is 2.23. The maximum atomic E-state index is 13.0. The summed E-state index contributed by atoms with van der Waals surface area (Å²) in [6.45, 7) is 0. The zero-order valence-electron chi connectivity index (χ0n) is 11.2. The van der Waals surface area contributed by atoms with Gasteiger partial charge in [0.2, 0.25) is 5.95 Å². The lowest BCUT2D eigenvalue weighted by atomic mass is 9.76. The SMILES string of the molecule is O=C(O)C1CCC2CCCCC2N1c1ncc(F)cn1. The summed E-state index contributed by atoms with van der Waals surface area (Å²) in [5, 5.41) is 9.44. The van der Waals surface area contributed by atoms with Crippen molar-refractivity contribution in [3.63, 3.8) is 0 Å². The van der Waals surface area contributed by atoms with Crippen LogP contribution in [-0.2, 0) is 4.79 Å². The zero-order chi connectivity index (χ0) is 14.1. The Kier molecular flexibility index (Phi) is 3.54. The minimum absolute atomic E-state index is 0.170. The highest BCUT2D eigenvalue weighted by molar-refractivity contribution is 5.77. The lowest BCUT2D eigenvalue weighted by Gasteiger charge is -2.47. The second kappa shape index (κ2) is 5.34. The molecule has 1 N–H and O–H groups in total. The van der Waals surface area contributed by atoms with Crippen LogP contribution in [0.3, 0.4) is 0 Å². The van der Waals surface area contributed by atoms with Crippen LogP contribution in [0.15, 0.2) is 12.4 Å². The van der Waals surface area contributed by atoms with Gasteiger partial charge in [-0.15, -0.1) is 0 Å². The summed E-state index contributed by atoms with van der Waals surface area (Å²) in [6.07, 6.45) is 8.17.